The number of ether oxygens (including phenoxy) is 2. The maximum Gasteiger partial charge on any atom is 0.327 e. The van der Waals surface area contributed by atoms with Gasteiger partial charge < -0.3 is 9.47 Å². The van der Waals surface area contributed by atoms with E-state index in [1.54, 1.807) is 0 Å². The predicted molar refractivity (Wildman–Crippen MR) is 77.6 cm³/mol. The van der Waals surface area contributed by atoms with Gasteiger partial charge in [-0.3, -0.25) is 19.7 Å². The van der Waals surface area contributed by atoms with Crippen molar-refractivity contribution in [1.82, 2.24) is 0 Å². The highest BCUT2D eigenvalue weighted by atomic mass is 19.2. The fraction of sp³-hybridized carbons (Fsp3) is 0.467. The van der Waals surface area contributed by atoms with Crippen molar-refractivity contribution in [2.75, 3.05) is 13.2 Å². The van der Waals surface area contributed by atoms with Crippen LogP contribution in [0.25, 0.3) is 0 Å². The molecule has 7 nitrogen and oxygen atoms in total. The van der Waals surface area contributed by atoms with Gasteiger partial charge >= 0.3 is 11.9 Å². The first-order chi connectivity index (χ1) is 11.7. The molecule has 0 saturated heterocycles. The highest BCUT2D eigenvalue weighted by Crippen LogP contribution is 2.23. The van der Waals surface area contributed by atoms with Gasteiger partial charge in [0.05, 0.1) is 13.2 Å². The molecule has 138 valence electrons. The molecule has 0 unspecified atom stereocenters. The summed E-state index contributed by atoms with van der Waals surface area (Å²) in [5.74, 6) is -8.85. The summed E-state index contributed by atoms with van der Waals surface area (Å²) < 4.78 is 50.0. The van der Waals surface area contributed by atoms with E-state index in [-0.39, 0.29) is 13.2 Å². The minimum atomic E-state index is -2.09. The van der Waals surface area contributed by atoms with Crippen molar-refractivity contribution in [2.24, 2.45) is 5.92 Å². The summed E-state index contributed by atoms with van der Waals surface area (Å²) in [4.78, 5) is 34.2. The molecule has 0 saturated carbocycles. The SMILES string of the molecule is CCOC(=O)C(C(=O)OCC)[C@@H](Cc1c(F)ccc(F)c1F)[N+](=O)[O-]. The minimum absolute atomic E-state index is 0.179. The van der Waals surface area contributed by atoms with Crippen LogP contribution in [-0.4, -0.2) is 36.1 Å². The second-order valence-electron chi connectivity index (χ2n) is 4.86. The van der Waals surface area contributed by atoms with Gasteiger partial charge in [-0.15, -0.1) is 0 Å². The van der Waals surface area contributed by atoms with Crippen LogP contribution in [0.5, 0.6) is 0 Å². The molecule has 0 bridgehead atoms. The average molecular weight is 363 g/mol. The predicted octanol–water partition coefficient (Wildman–Crippen LogP) is 2.03. The molecule has 25 heavy (non-hydrogen) atoms. The molecular weight excluding hydrogens is 347 g/mol. The Bertz CT molecular complexity index is 649. The van der Waals surface area contributed by atoms with Crippen LogP contribution in [0.1, 0.15) is 19.4 Å². The highest BCUT2D eigenvalue weighted by molar-refractivity contribution is 5.95. The van der Waals surface area contributed by atoms with E-state index in [0.29, 0.717) is 12.1 Å². The standard InChI is InChI=1S/C15H16F3NO6/c1-3-24-14(20)12(15(21)25-4-2)11(19(22)23)7-8-9(16)5-6-10(17)13(8)18/h5-6,11-12H,3-4,7H2,1-2H3/t11-/m1/s1. The minimum Gasteiger partial charge on any atom is -0.465 e. The number of hydrogen-bond donors (Lipinski definition) is 0. The maximum absolute atomic E-state index is 13.8. The molecule has 0 aliphatic carbocycles. The van der Waals surface area contributed by atoms with E-state index in [1.807, 2.05) is 0 Å². The molecule has 0 radical (unpaired) electrons. The van der Waals surface area contributed by atoms with Gasteiger partial charge in [0.1, 0.15) is 5.82 Å². The molecule has 0 spiro atoms. The first-order valence-corrected chi connectivity index (χ1v) is 7.33. The fourth-order valence-corrected chi connectivity index (χ4v) is 2.15. The number of hydrogen-bond acceptors (Lipinski definition) is 6. The summed E-state index contributed by atoms with van der Waals surface area (Å²) in [6.07, 6.45) is -1.04. The van der Waals surface area contributed by atoms with Crippen LogP contribution in [0.2, 0.25) is 0 Å². The normalized spacial score (nSPS) is 11.9. The van der Waals surface area contributed by atoms with Crippen LogP contribution in [0.4, 0.5) is 13.2 Å². The number of nitrogens with zero attached hydrogens (tertiary/aromatic N) is 1. The Kier molecular flexibility index (Phi) is 7.34. The highest BCUT2D eigenvalue weighted by Gasteiger charge is 2.46. The van der Waals surface area contributed by atoms with Crippen LogP contribution in [0.15, 0.2) is 12.1 Å². The molecular formula is C15H16F3NO6. The number of esters is 2. The fourth-order valence-electron chi connectivity index (χ4n) is 2.15. The van der Waals surface area contributed by atoms with Crippen molar-refractivity contribution < 1.29 is 37.2 Å². The van der Waals surface area contributed by atoms with Gasteiger partial charge in [0.25, 0.3) is 0 Å². The summed E-state index contributed by atoms with van der Waals surface area (Å²) in [6, 6.07) is -0.984. The zero-order valence-corrected chi connectivity index (χ0v) is 13.5. The first kappa shape index (κ1) is 20.4. The number of rotatable bonds is 8. The van der Waals surface area contributed by atoms with Crippen LogP contribution < -0.4 is 0 Å². The summed E-state index contributed by atoms with van der Waals surface area (Å²) in [6.45, 7) is 2.46. The van der Waals surface area contributed by atoms with E-state index in [2.05, 4.69) is 9.47 Å². The number of nitro groups is 1. The van der Waals surface area contributed by atoms with Gasteiger partial charge in [-0.1, -0.05) is 0 Å². The van der Waals surface area contributed by atoms with Crippen LogP contribution in [0, 0.1) is 33.5 Å². The molecule has 1 aromatic carbocycles. The monoisotopic (exact) mass is 363 g/mol. The van der Waals surface area contributed by atoms with Crippen molar-refractivity contribution in [3.63, 3.8) is 0 Å². The Labute approximate surface area is 140 Å². The van der Waals surface area contributed by atoms with E-state index in [4.69, 9.17) is 0 Å². The van der Waals surface area contributed by atoms with E-state index in [0.717, 1.165) is 0 Å². The Balaban J connectivity index is 3.30. The molecule has 0 N–H and O–H groups in total. The molecule has 0 aliphatic rings. The summed E-state index contributed by atoms with van der Waals surface area (Å²) in [7, 11) is 0. The Morgan fingerprint density at radius 1 is 1.08 bits per heavy atom. The van der Waals surface area contributed by atoms with Crippen LogP contribution >= 0.6 is 0 Å². The third-order valence-electron chi connectivity index (χ3n) is 3.29. The number of halogens is 3. The topological polar surface area (TPSA) is 95.7 Å². The van der Waals surface area contributed by atoms with Gasteiger partial charge in [-0.05, 0) is 26.0 Å². The lowest BCUT2D eigenvalue weighted by Gasteiger charge is -2.18. The third kappa shape index (κ3) is 4.91. The van der Waals surface area contributed by atoms with E-state index < -0.39 is 58.3 Å². The van der Waals surface area contributed by atoms with Crippen molar-refractivity contribution in [2.45, 2.75) is 26.3 Å². The summed E-state index contributed by atoms with van der Waals surface area (Å²) >= 11 is 0. The van der Waals surface area contributed by atoms with Gasteiger partial charge in [-0.2, -0.15) is 0 Å². The quantitative estimate of drug-likeness (QED) is 0.231. The van der Waals surface area contributed by atoms with E-state index >= 15 is 0 Å². The number of carbonyl (C=O) groups is 2. The molecule has 0 amide bonds. The van der Waals surface area contributed by atoms with Gasteiger partial charge in [-0.25, -0.2) is 13.2 Å². The molecule has 1 atom stereocenters. The van der Waals surface area contributed by atoms with E-state index in [1.165, 1.54) is 13.8 Å². The van der Waals surface area contributed by atoms with Gasteiger partial charge in [0.2, 0.25) is 12.0 Å². The maximum atomic E-state index is 13.8. The average Bonchev–Trinajstić information content (AvgIpc) is 2.54. The lowest BCUT2D eigenvalue weighted by molar-refractivity contribution is -0.527. The smallest absolute Gasteiger partial charge is 0.327 e. The van der Waals surface area contributed by atoms with Crippen LogP contribution in [0.3, 0.4) is 0 Å². The Morgan fingerprint density at radius 2 is 1.56 bits per heavy atom. The second kappa shape index (κ2) is 9.00. The molecule has 1 aromatic rings. The summed E-state index contributed by atoms with van der Waals surface area (Å²) in [5, 5.41) is 11.3. The zero-order chi connectivity index (χ0) is 19.1. The Hall–Kier alpha value is -2.65. The Morgan fingerprint density at radius 3 is 2.00 bits per heavy atom. The second-order valence-corrected chi connectivity index (χ2v) is 4.86. The van der Waals surface area contributed by atoms with Crippen molar-refractivity contribution in [3.05, 3.63) is 45.3 Å². The molecule has 0 aromatic heterocycles. The molecule has 0 heterocycles. The number of carbonyl (C=O) groups excluding carboxylic acids is 2. The molecule has 1 rings (SSSR count). The first-order valence-electron chi connectivity index (χ1n) is 7.33. The van der Waals surface area contributed by atoms with Gasteiger partial charge in [0.15, 0.2) is 11.6 Å². The molecule has 0 aliphatic heterocycles. The molecule has 10 heteroatoms. The lowest BCUT2D eigenvalue weighted by atomic mass is 9.93. The largest absolute Gasteiger partial charge is 0.465 e. The van der Waals surface area contributed by atoms with Crippen molar-refractivity contribution in [1.29, 1.82) is 0 Å². The van der Waals surface area contributed by atoms with Crippen molar-refractivity contribution in [3.8, 4) is 0 Å². The van der Waals surface area contributed by atoms with E-state index in [9.17, 15) is 32.9 Å². The molecule has 0 fully saturated rings. The van der Waals surface area contributed by atoms with Crippen LogP contribution in [-0.2, 0) is 25.5 Å². The zero-order valence-electron chi connectivity index (χ0n) is 13.5. The van der Waals surface area contributed by atoms with Gasteiger partial charge in [0, 0.05) is 16.9 Å². The summed E-state index contributed by atoms with van der Waals surface area (Å²) in [5.41, 5.74) is -0.944. The number of benzene rings is 1. The lowest BCUT2D eigenvalue weighted by Crippen LogP contribution is -2.43. The third-order valence-corrected chi connectivity index (χ3v) is 3.29. The van der Waals surface area contributed by atoms with Crippen molar-refractivity contribution >= 4 is 11.9 Å².